The van der Waals surface area contributed by atoms with Gasteiger partial charge in [0, 0.05) is 16.7 Å². The summed E-state index contributed by atoms with van der Waals surface area (Å²) in [5.41, 5.74) is 5.08. The molecule has 0 atom stereocenters. The fourth-order valence-corrected chi connectivity index (χ4v) is 7.55. The minimum Gasteiger partial charge on any atom is -0.208 e. The molecule has 4 heteroatoms. The molecule has 4 nitrogen and oxygen atoms in total. The Morgan fingerprint density at radius 1 is 0.611 bits per heavy atom. The topological polar surface area (TPSA) is 62.5 Å². The molecule has 4 aliphatic rings. The summed E-state index contributed by atoms with van der Waals surface area (Å²) in [4.78, 5) is 14.5. The highest BCUT2D eigenvalue weighted by atomic mass is 15.0. The lowest BCUT2D eigenvalue weighted by Crippen LogP contribution is -2.48. The Kier molecular flexibility index (Phi) is 4.99. The van der Waals surface area contributed by atoms with Crippen LogP contribution in [0.3, 0.4) is 0 Å². The van der Waals surface area contributed by atoms with Crippen molar-refractivity contribution in [3.8, 4) is 40.2 Å². The molecule has 0 saturated heterocycles. The lowest BCUT2D eigenvalue weighted by Gasteiger charge is -2.57. The van der Waals surface area contributed by atoms with Crippen molar-refractivity contribution in [3.63, 3.8) is 0 Å². The Labute approximate surface area is 212 Å². The van der Waals surface area contributed by atoms with Crippen LogP contribution in [0.15, 0.2) is 78.9 Å². The number of nitrogens with zero attached hydrogens (tertiary/aromatic N) is 4. The summed E-state index contributed by atoms with van der Waals surface area (Å²) in [5, 5.41) is 9.68. The summed E-state index contributed by atoms with van der Waals surface area (Å²) in [7, 11) is 0. The molecular weight excluding hydrogens is 440 g/mol. The number of nitriles is 1. The largest absolute Gasteiger partial charge is 0.208 e. The molecule has 1 aromatic heterocycles. The molecule has 8 rings (SSSR count). The average molecular weight is 469 g/mol. The van der Waals surface area contributed by atoms with Crippen molar-refractivity contribution in [3.05, 3.63) is 90.0 Å². The Morgan fingerprint density at radius 2 is 1.14 bits per heavy atom. The highest BCUT2D eigenvalue weighted by Gasteiger charge is 2.51. The molecule has 0 unspecified atom stereocenters. The van der Waals surface area contributed by atoms with Crippen molar-refractivity contribution in [1.82, 2.24) is 15.0 Å². The third-order valence-electron chi connectivity index (χ3n) is 8.75. The van der Waals surface area contributed by atoms with Crippen LogP contribution in [0.25, 0.3) is 34.2 Å². The number of benzene rings is 3. The number of hydrogen-bond donors (Lipinski definition) is 0. The van der Waals surface area contributed by atoms with Crippen LogP contribution < -0.4 is 0 Å². The van der Waals surface area contributed by atoms with Crippen molar-refractivity contribution >= 4 is 0 Å². The van der Waals surface area contributed by atoms with Gasteiger partial charge in [0.15, 0.2) is 17.5 Å². The quantitative estimate of drug-likeness (QED) is 0.317. The maximum Gasteiger partial charge on any atom is 0.165 e. The van der Waals surface area contributed by atoms with Gasteiger partial charge in [0.2, 0.25) is 0 Å². The number of hydrogen-bond acceptors (Lipinski definition) is 4. The fraction of sp³-hybridized carbons (Fsp3) is 0.312. The third-order valence-corrected chi connectivity index (χ3v) is 8.75. The number of aromatic nitrogens is 3. The van der Waals surface area contributed by atoms with Crippen molar-refractivity contribution in [1.29, 1.82) is 5.26 Å². The zero-order chi connectivity index (χ0) is 24.1. The Balaban J connectivity index is 1.30. The van der Waals surface area contributed by atoms with E-state index in [0.29, 0.717) is 28.5 Å². The minimum atomic E-state index is 0.373. The van der Waals surface area contributed by atoms with Gasteiger partial charge in [-0.15, -0.1) is 0 Å². The van der Waals surface area contributed by atoms with Crippen molar-refractivity contribution in [2.24, 2.45) is 17.8 Å². The highest BCUT2D eigenvalue weighted by molar-refractivity contribution is 5.70. The van der Waals surface area contributed by atoms with Crippen LogP contribution in [0.4, 0.5) is 0 Å². The van der Waals surface area contributed by atoms with Crippen LogP contribution in [-0.4, -0.2) is 15.0 Å². The van der Waals surface area contributed by atoms with E-state index in [-0.39, 0.29) is 0 Å². The summed E-state index contributed by atoms with van der Waals surface area (Å²) in [6, 6.07) is 28.8. The highest BCUT2D eigenvalue weighted by Crippen LogP contribution is 2.60. The molecule has 1 heterocycles. The van der Waals surface area contributed by atoms with Crippen LogP contribution in [0, 0.1) is 29.1 Å². The monoisotopic (exact) mass is 468 g/mol. The second kappa shape index (κ2) is 8.38. The molecular formula is C32H28N4. The molecule has 4 saturated carbocycles. The van der Waals surface area contributed by atoms with E-state index in [1.165, 1.54) is 44.1 Å². The first-order chi connectivity index (χ1) is 17.7. The zero-order valence-corrected chi connectivity index (χ0v) is 20.3. The summed E-state index contributed by atoms with van der Waals surface area (Å²) >= 11 is 0. The van der Waals surface area contributed by atoms with E-state index in [2.05, 4.69) is 30.3 Å². The lowest BCUT2D eigenvalue weighted by atomic mass is 9.48. The Morgan fingerprint density at radius 3 is 1.75 bits per heavy atom. The standard InChI is InChI=1S/C32H28N4/c33-20-26-8-4-5-9-28(26)31-35-29(24-6-2-1-3-7-24)34-30(36-31)25-10-12-27(13-11-25)32-17-21-14-22(18-32)16-23(15-21)19-32/h1-13,21-23H,14-19H2/t21-,22-,23-,32?. The first-order valence-electron chi connectivity index (χ1n) is 13.1. The molecule has 0 spiro atoms. The predicted molar refractivity (Wildman–Crippen MR) is 141 cm³/mol. The zero-order valence-electron chi connectivity index (χ0n) is 20.3. The SMILES string of the molecule is N#Cc1ccccc1-c1nc(-c2ccccc2)nc(-c2ccc(C34C[C@H]5C[C@H](C3)C[C@@H](C4)C5)cc2)n1. The van der Waals surface area contributed by atoms with Gasteiger partial charge in [0.1, 0.15) is 0 Å². The first kappa shape index (κ1) is 21.4. The third kappa shape index (κ3) is 3.62. The van der Waals surface area contributed by atoms with Crippen molar-refractivity contribution in [2.45, 2.75) is 43.9 Å². The molecule has 0 amide bonds. The lowest BCUT2D eigenvalue weighted by molar-refractivity contribution is -0.00518. The minimum absolute atomic E-state index is 0.373. The van der Waals surface area contributed by atoms with E-state index < -0.39 is 0 Å². The molecule has 0 radical (unpaired) electrons. The smallest absolute Gasteiger partial charge is 0.165 e. The van der Waals surface area contributed by atoms with Gasteiger partial charge in [0.25, 0.3) is 0 Å². The molecule has 4 bridgehead atoms. The first-order valence-corrected chi connectivity index (χ1v) is 13.1. The molecule has 0 aliphatic heterocycles. The Bertz CT molecular complexity index is 1430. The van der Waals surface area contributed by atoms with Crippen LogP contribution >= 0.6 is 0 Å². The fourth-order valence-electron chi connectivity index (χ4n) is 7.55. The average Bonchev–Trinajstić information content (AvgIpc) is 2.92. The van der Waals surface area contributed by atoms with Crippen LogP contribution in [0.1, 0.15) is 49.7 Å². The van der Waals surface area contributed by atoms with E-state index in [0.717, 1.165) is 34.4 Å². The second-order valence-corrected chi connectivity index (χ2v) is 11.1. The van der Waals surface area contributed by atoms with Gasteiger partial charge >= 0.3 is 0 Å². The molecule has 4 aliphatic carbocycles. The summed E-state index contributed by atoms with van der Waals surface area (Å²) in [6.45, 7) is 0. The molecule has 4 aromatic rings. The summed E-state index contributed by atoms with van der Waals surface area (Å²) in [5.74, 6) is 4.57. The van der Waals surface area contributed by atoms with E-state index in [9.17, 15) is 5.26 Å². The van der Waals surface area contributed by atoms with E-state index in [1.54, 1.807) is 6.07 Å². The van der Waals surface area contributed by atoms with Gasteiger partial charge in [-0.1, -0.05) is 66.7 Å². The van der Waals surface area contributed by atoms with Crippen molar-refractivity contribution < 1.29 is 0 Å². The van der Waals surface area contributed by atoms with Gasteiger partial charge < -0.3 is 0 Å². The van der Waals surface area contributed by atoms with Gasteiger partial charge in [-0.25, -0.2) is 15.0 Å². The van der Waals surface area contributed by atoms with E-state index in [1.807, 2.05) is 48.5 Å². The van der Waals surface area contributed by atoms with Crippen LogP contribution in [0.2, 0.25) is 0 Å². The van der Waals surface area contributed by atoms with Gasteiger partial charge in [-0.3, -0.25) is 0 Å². The van der Waals surface area contributed by atoms with Crippen molar-refractivity contribution in [2.75, 3.05) is 0 Å². The Hall–Kier alpha value is -3.84. The van der Waals surface area contributed by atoms with Gasteiger partial charge in [-0.2, -0.15) is 5.26 Å². The second-order valence-electron chi connectivity index (χ2n) is 11.1. The number of rotatable bonds is 4. The molecule has 176 valence electrons. The maximum absolute atomic E-state index is 9.68. The van der Waals surface area contributed by atoms with Gasteiger partial charge in [0.05, 0.1) is 11.6 Å². The van der Waals surface area contributed by atoms with E-state index in [4.69, 9.17) is 15.0 Å². The summed E-state index contributed by atoms with van der Waals surface area (Å²) < 4.78 is 0. The van der Waals surface area contributed by atoms with E-state index >= 15 is 0 Å². The molecule has 36 heavy (non-hydrogen) atoms. The van der Waals surface area contributed by atoms with Crippen LogP contribution in [0.5, 0.6) is 0 Å². The predicted octanol–water partition coefficient (Wildman–Crippen LogP) is 7.21. The molecule has 0 N–H and O–H groups in total. The normalized spacial score (nSPS) is 26.0. The van der Waals surface area contributed by atoms with Gasteiger partial charge in [-0.05, 0) is 79.4 Å². The summed E-state index contributed by atoms with van der Waals surface area (Å²) in [6.07, 6.45) is 8.44. The van der Waals surface area contributed by atoms with Crippen LogP contribution in [-0.2, 0) is 5.41 Å². The molecule has 4 fully saturated rings. The molecule has 3 aromatic carbocycles. The maximum atomic E-state index is 9.68.